The fraction of sp³-hybridized carbons (Fsp3) is 0.250. The number of hydrogen-bond donors (Lipinski definition) is 2. The van der Waals surface area contributed by atoms with Gasteiger partial charge in [0.05, 0.1) is 15.9 Å². The van der Waals surface area contributed by atoms with E-state index < -0.39 is 10.8 Å². The summed E-state index contributed by atoms with van der Waals surface area (Å²) in [6, 6.07) is 0. The van der Waals surface area contributed by atoms with Gasteiger partial charge in [-0.3, -0.25) is 14.9 Å². The minimum atomic E-state index is -0.537. The largest absolute Gasteiger partial charge is 0.368 e. The van der Waals surface area contributed by atoms with Gasteiger partial charge in [0.2, 0.25) is 5.91 Å². The fourth-order valence-corrected chi connectivity index (χ4v) is 1.49. The first kappa shape index (κ1) is 12.4. The van der Waals surface area contributed by atoms with Gasteiger partial charge in [-0.2, -0.15) is 0 Å². The highest BCUT2D eigenvalue weighted by molar-refractivity contribution is 9.10. The number of hydrogen-bond acceptors (Lipinski definition) is 5. The molecule has 0 bridgehead atoms. The molecule has 8 heteroatoms. The number of carbonyl (C=O) groups is 1. The minimum absolute atomic E-state index is 0.0805. The third kappa shape index (κ3) is 2.66. The number of pyridine rings is 1. The van der Waals surface area contributed by atoms with E-state index in [0.717, 1.165) is 6.20 Å². The number of nitrogens with two attached hydrogens (primary N) is 1. The van der Waals surface area contributed by atoms with Gasteiger partial charge in [0.25, 0.3) is 5.69 Å². The van der Waals surface area contributed by atoms with Crippen molar-refractivity contribution in [2.45, 2.75) is 6.92 Å². The summed E-state index contributed by atoms with van der Waals surface area (Å²) in [5.41, 5.74) is 5.30. The monoisotopic (exact) mass is 288 g/mol. The quantitative estimate of drug-likeness (QED) is 0.633. The van der Waals surface area contributed by atoms with Crippen LogP contribution >= 0.6 is 15.9 Å². The molecule has 0 saturated carbocycles. The normalized spacial score (nSPS) is 9.88. The third-order valence-electron chi connectivity index (χ3n) is 1.86. The molecule has 1 amide bonds. The van der Waals surface area contributed by atoms with E-state index in [4.69, 9.17) is 5.73 Å². The Morgan fingerprint density at radius 1 is 1.75 bits per heavy atom. The molecule has 1 rings (SSSR count). The Labute approximate surface area is 99.3 Å². The molecule has 3 N–H and O–H groups in total. The van der Waals surface area contributed by atoms with Crippen LogP contribution in [0.5, 0.6) is 0 Å². The van der Waals surface area contributed by atoms with Crippen molar-refractivity contribution in [3.8, 4) is 0 Å². The summed E-state index contributed by atoms with van der Waals surface area (Å²) in [5.74, 6) is -0.188. The maximum absolute atomic E-state index is 10.6. The molecule has 1 aromatic heterocycles. The van der Waals surface area contributed by atoms with Crippen molar-refractivity contribution in [1.29, 1.82) is 0 Å². The first-order valence-electron chi connectivity index (χ1n) is 4.25. The molecular weight excluding hydrogens is 280 g/mol. The van der Waals surface area contributed by atoms with E-state index in [1.165, 1.54) is 0 Å². The highest BCUT2D eigenvalue weighted by atomic mass is 79.9. The number of nitrogens with one attached hydrogen (secondary N) is 1. The number of primary amides is 1. The number of anilines is 1. The topological polar surface area (TPSA) is 111 Å². The molecule has 1 aromatic rings. The molecule has 0 aliphatic carbocycles. The number of halogens is 1. The SMILES string of the molecule is Cc1c([N+](=O)[O-])cnc(NCC(N)=O)c1Br. The Kier molecular flexibility index (Phi) is 3.78. The third-order valence-corrected chi connectivity index (χ3v) is 2.83. The highest BCUT2D eigenvalue weighted by Crippen LogP contribution is 2.30. The van der Waals surface area contributed by atoms with Crippen molar-refractivity contribution in [3.63, 3.8) is 0 Å². The molecule has 0 saturated heterocycles. The maximum atomic E-state index is 10.6. The molecule has 86 valence electrons. The maximum Gasteiger partial charge on any atom is 0.291 e. The number of amides is 1. The van der Waals surface area contributed by atoms with E-state index in [1.807, 2.05) is 0 Å². The van der Waals surface area contributed by atoms with Gasteiger partial charge in [-0.05, 0) is 22.9 Å². The molecule has 0 unspecified atom stereocenters. The summed E-state index contributed by atoms with van der Waals surface area (Å²) < 4.78 is 0.447. The lowest BCUT2D eigenvalue weighted by Gasteiger charge is -2.07. The second-order valence-electron chi connectivity index (χ2n) is 3.01. The molecule has 0 fully saturated rings. The van der Waals surface area contributed by atoms with Gasteiger partial charge < -0.3 is 11.1 Å². The fourth-order valence-electron chi connectivity index (χ4n) is 1.05. The predicted molar refractivity (Wildman–Crippen MR) is 61.0 cm³/mol. The van der Waals surface area contributed by atoms with Gasteiger partial charge in [-0.1, -0.05) is 0 Å². The number of aromatic nitrogens is 1. The standard InChI is InChI=1S/C8H9BrN4O3/c1-4-5(13(15)16)2-11-8(7(4)9)12-3-6(10)14/h2H,3H2,1H3,(H2,10,14)(H,11,12). The van der Waals surface area contributed by atoms with Crippen LogP contribution in [0.3, 0.4) is 0 Å². The summed E-state index contributed by atoms with van der Waals surface area (Å²) in [4.78, 5) is 24.5. The minimum Gasteiger partial charge on any atom is -0.368 e. The van der Waals surface area contributed by atoms with Gasteiger partial charge in [0.1, 0.15) is 12.0 Å². The summed E-state index contributed by atoms with van der Waals surface area (Å²) in [5, 5.41) is 13.3. The Morgan fingerprint density at radius 3 is 2.88 bits per heavy atom. The zero-order valence-corrected chi connectivity index (χ0v) is 9.94. The van der Waals surface area contributed by atoms with Crippen LogP contribution in [0.25, 0.3) is 0 Å². The van der Waals surface area contributed by atoms with E-state index in [1.54, 1.807) is 6.92 Å². The van der Waals surface area contributed by atoms with Gasteiger partial charge in [-0.15, -0.1) is 0 Å². The molecule has 7 nitrogen and oxygen atoms in total. The summed E-state index contributed by atoms with van der Waals surface area (Å²) in [6.45, 7) is 1.50. The van der Waals surface area contributed by atoms with Crippen LogP contribution in [0.4, 0.5) is 11.5 Å². The van der Waals surface area contributed by atoms with E-state index in [2.05, 4.69) is 26.2 Å². The molecule has 0 aromatic carbocycles. The van der Waals surface area contributed by atoms with Crippen molar-refractivity contribution in [1.82, 2.24) is 4.98 Å². The van der Waals surface area contributed by atoms with Gasteiger partial charge in [0, 0.05) is 5.56 Å². The van der Waals surface area contributed by atoms with Crippen molar-refractivity contribution < 1.29 is 9.72 Å². The first-order valence-corrected chi connectivity index (χ1v) is 5.04. The number of carbonyl (C=O) groups excluding carboxylic acids is 1. The van der Waals surface area contributed by atoms with Gasteiger partial charge in [-0.25, -0.2) is 4.98 Å². The number of rotatable bonds is 4. The van der Waals surface area contributed by atoms with E-state index in [9.17, 15) is 14.9 Å². The highest BCUT2D eigenvalue weighted by Gasteiger charge is 2.16. The molecule has 16 heavy (non-hydrogen) atoms. The van der Waals surface area contributed by atoms with E-state index in [0.29, 0.717) is 15.9 Å². The Balaban J connectivity index is 3.02. The predicted octanol–water partition coefficient (Wildman–Crippen LogP) is 0.958. The molecular formula is C8H9BrN4O3. The molecule has 1 heterocycles. The second kappa shape index (κ2) is 4.88. The van der Waals surface area contributed by atoms with Gasteiger partial charge in [0.15, 0.2) is 0 Å². The first-order chi connectivity index (χ1) is 7.43. The smallest absolute Gasteiger partial charge is 0.291 e. The number of nitrogens with zero attached hydrogens (tertiary/aromatic N) is 2. The summed E-state index contributed by atoms with van der Waals surface area (Å²) >= 11 is 3.17. The van der Waals surface area contributed by atoms with Crippen LogP contribution in [0.15, 0.2) is 10.7 Å². The lowest BCUT2D eigenvalue weighted by atomic mass is 10.2. The van der Waals surface area contributed by atoms with Crippen LogP contribution in [-0.4, -0.2) is 22.4 Å². The average Bonchev–Trinajstić information content (AvgIpc) is 2.19. The zero-order chi connectivity index (χ0) is 12.3. The van der Waals surface area contributed by atoms with E-state index >= 15 is 0 Å². The van der Waals surface area contributed by atoms with Crippen molar-refractivity contribution in [2.75, 3.05) is 11.9 Å². The summed E-state index contributed by atoms with van der Waals surface area (Å²) in [7, 11) is 0. The van der Waals surface area contributed by atoms with Crippen LogP contribution in [0.1, 0.15) is 5.56 Å². The van der Waals surface area contributed by atoms with Gasteiger partial charge >= 0.3 is 0 Å². The number of nitro groups is 1. The molecule has 0 spiro atoms. The Morgan fingerprint density at radius 2 is 2.38 bits per heavy atom. The molecule has 0 aliphatic heterocycles. The summed E-state index contributed by atoms with van der Waals surface area (Å²) in [6.07, 6.45) is 1.13. The van der Waals surface area contributed by atoms with Crippen LogP contribution in [-0.2, 0) is 4.79 Å². The zero-order valence-electron chi connectivity index (χ0n) is 8.36. The van der Waals surface area contributed by atoms with Crippen LogP contribution in [0, 0.1) is 17.0 Å². The van der Waals surface area contributed by atoms with Crippen LogP contribution < -0.4 is 11.1 Å². The molecule has 0 radical (unpaired) electrons. The molecule has 0 atom stereocenters. The lowest BCUT2D eigenvalue weighted by Crippen LogP contribution is -2.22. The molecule has 0 aliphatic rings. The Bertz CT molecular complexity index is 449. The average molecular weight is 289 g/mol. The van der Waals surface area contributed by atoms with Crippen LogP contribution in [0.2, 0.25) is 0 Å². The van der Waals surface area contributed by atoms with Crippen molar-refractivity contribution in [2.24, 2.45) is 5.73 Å². The second-order valence-corrected chi connectivity index (χ2v) is 3.80. The Hall–Kier alpha value is -1.70. The van der Waals surface area contributed by atoms with Crippen molar-refractivity contribution in [3.05, 3.63) is 26.3 Å². The van der Waals surface area contributed by atoms with E-state index in [-0.39, 0.29) is 12.2 Å². The lowest BCUT2D eigenvalue weighted by molar-refractivity contribution is -0.385. The van der Waals surface area contributed by atoms with Crippen molar-refractivity contribution >= 4 is 33.3 Å².